The zero-order valence-corrected chi connectivity index (χ0v) is 11.8. The molecule has 0 saturated carbocycles. The van der Waals surface area contributed by atoms with Crippen LogP contribution in [-0.2, 0) is 14.9 Å². The number of hydrogen-bond donors (Lipinski definition) is 0. The van der Waals surface area contributed by atoms with Gasteiger partial charge in [-0.3, -0.25) is 9.69 Å². The molecule has 3 nitrogen and oxygen atoms in total. The van der Waals surface area contributed by atoms with Crippen LogP contribution in [0, 0.1) is 5.82 Å². The Hall–Kier alpha value is -1.42. The van der Waals surface area contributed by atoms with Crippen LogP contribution in [0.15, 0.2) is 24.3 Å². The molecule has 1 aromatic rings. The molecule has 0 aromatic heterocycles. The van der Waals surface area contributed by atoms with Gasteiger partial charge in [-0.2, -0.15) is 0 Å². The quantitative estimate of drug-likeness (QED) is 0.786. The summed E-state index contributed by atoms with van der Waals surface area (Å²) in [6.45, 7) is 6.90. The van der Waals surface area contributed by atoms with E-state index in [-0.39, 0.29) is 23.9 Å². The molecule has 1 aromatic carbocycles. The van der Waals surface area contributed by atoms with Gasteiger partial charge < -0.3 is 4.74 Å². The number of likely N-dealkylation sites (N-methyl/N-ethyl adjacent to an activating group) is 1. The minimum Gasteiger partial charge on any atom is -0.468 e. The molecule has 1 aliphatic rings. The van der Waals surface area contributed by atoms with Gasteiger partial charge in [-0.25, -0.2) is 4.39 Å². The van der Waals surface area contributed by atoms with Gasteiger partial charge in [0.05, 0.1) is 7.11 Å². The zero-order valence-electron chi connectivity index (χ0n) is 11.8. The van der Waals surface area contributed by atoms with E-state index >= 15 is 0 Å². The van der Waals surface area contributed by atoms with E-state index in [2.05, 4.69) is 11.8 Å². The number of carbonyl (C=O) groups excluding carboxylic acids is 1. The number of rotatable bonds is 3. The smallest absolute Gasteiger partial charge is 0.319 e. The molecule has 1 fully saturated rings. The summed E-state index contributed by atoms with van der Waals surface area (Å²) < 4.78 is 18.5. The molecule has 2 unspecified atom stereocenters. The van der Waals surface area contributed by atoms with Crippen LogP contribution in [0.4, 0.5) is 4.39 Å². The Kier molecular flexibility index (Phi) is 3.63. The number of halogens is 1. The summed E-state index contributed by atoms with van der Waals surface area (Å²) in [6, 6.07) is 6.28. The number of hydrogen-bond acceptors (Lipinski definition) is 3. The Balaban J connectivity index is 2.52. The average Bonchev–Trinajstić information content (AvgIpc) is 2.40. The van der Waals surface area contributed by atoms with Gasteiger partial charge in [0, 0.05) is 12.1 Å². The molecule has 1 heterocycles. The molecule has 104 valence electrons. The third kappa shape index (κ3) is 1.77. The van der Waals surface area contributed by atoms with E-state index in [1.807, 2.05) is 13.8 Å². The fraction of sp³-hybridized carbons (Fsp3) is 0.533. The second kappa shape index (κ2) is 4.93. The lowest BCUT2D eigenvalue weighted by Gasteiger charge is -2.59. The van der Waals surface area contributed by atoms with Gasteiger partial charge >= 0.3 is 5.97 Å². The third-order valence-corrected chi connectivity index (χ3v) is 4.50. The van der Waals surface area contributed by atoms with E-state index in [0.29, 0.717) is 5.56 Å². The van der Waals surface area contributed by atoms with Crippen molar-refractivity contribution < 1.29 is 13.9 Å². The van der Waals surface area contributed by atoms with Crippen molar-refractivity contribution in [3.63, 3.8) is 0 Å². The molecule has 2 rings (SSSR count). The van der Waals surface area contributed by atoms with Crippen molar-refractivity contribution >= 4 is 5.97 Å². The van der Waals surface area contributed by atoms with E-state index in [1.54, 1.807) is 12.1 Å². The molecule has 0 bridgehead atoms. The first kappa shape index (κ1) is 14.0. The van der Waals surface area contributed by atoms with Crippen LogP contribution in [0.1, 0.15) is 26.3 Å². The first-order valence-corrected chi connectivity index (χ1v) is 6.60. The predicted molar refractivity (Wildman–Crippen MR) is 71.4 cm³/mol. The van der Waals surface area contributed by atoms with Crippen molar-refractivity contribution in [1.82, 2.24) is 4.90 Å². The van der Waals surface area contributed by atoms with Gasteiger partial charge in [-0.15, -0.1) is 0 Å². The van der Waals surface area contributed by atoms with Gasteiger partial charge in [0.25, 0.3) is 0 Å². The Morgan fingerprint density at radius 3 is 2.53 bits per heavy atom. The number of nitrogens with zero attached hydrogens (tertiary/aromatic N) is 1. The average molecular weight is 265 g/mol. The maximum absolute atomic E-state index is 13.5. The highest BCUT2D eigenvalue weighted by Gasteiger charge is 2.62. The summed E-state index contributed by atoms with van der Waals surface area (Å²) in [5, 5.41) is 0. The summed E-state index contributed by atoms with van der Waals surface area (Å²) in [7, 11) is 1.39. The second-order valence-corrected chi connectivity index (χ2v) is 5.05. The van der Waals surface area contributed by atoms with Crippen LogP contribution in [0.25, 0.3) is 0 Å². The van der Waals surface area contributed by atoms with Crippen LogP contribution in [0.3, 0.4) is 0 Å². The van der Waals surface area contributed by atoms with Crippen LogP contribution < -0.4 is 0 Å². The lowest BCUT2D eigenvalue weighted by Crippen LogP contribution is -2.75. The SMILES string of the molecule is CCN1C(C)C(C(=O)OC)(c2cccc(F)c2)C1C. The van der Waals surface area contributed by atoms with E-state index < -0.39 is 5.41 Å². The molecule has 4 heteroatoms. The maximum Gasteiger partial charge on any atom is 0.319 e. The van der Waals surface area contributed by atoms with Gasteiger partial charge in [0.1, 0.15) is 11.2 Å². The fourth-order valence-electron chi connectivity index (χ4n) is 3.53. The number of benzene rings is 1. The van der Waals surface area contributed by atoms with Crippen LogP contribution in [-0.4, -0.2) is 36.6 Å². The Labute approximate surface area is 113 Å². The normalized spacial score (nSPS) is 30.8. The lowest BCUT2D eigenvalue weighted by atomic mass is 9.61. The minimum absolute atomic E-state index is 0.00162. The Morgan fingerprint density at radius 2 is 2.05 bits per heavy atom. The molecule has 1 aliphatic heterocycles. The van der Waals surface area contributed by atoms with E-state index in [1.165, 1.54) is 19.2 Å². The van der Waals surface area contributed by atoms with Crippen molar-refractivity contribution in [2.75, 3.05) is 13.7 Å². The fourth-order valence-corrected chi connectivity index (χ4v) is 3.53. The van der Waals surface area contributed by atoms with Gasteiger partial charge in [0.15, 0.2) is 0 Å². The molecule has 19 heavy (non-hydrogen) atoms. The number of methoxy groups -OCH3 is 1. The lowest BCUT2D eigenvalue weighted by molar-refractivity contribution is -0.168. The van der Waals surface area contributed by atoms with Crippen molar-refractivity contribution in [1.29, 1.82) is 0 Å². The number of ether oxygens (including phenoxy) is 1. The largest absolute Gasteiger partial charge is 0.468 e. The van der Waals surface area contributed by atoms with Crippen molar-refractivity contribution in [2.24, 2.45) is 0 Å². The molecule has 2 atom stereocenters. The van der Waals surface area contributed by atoms with Crippen molar-refractivity contribution in [2.45, 2.75) is 38.3 Å². The summed E-state index contributed by atoms with van der Waals surface area (Å²) in [4.78, 5) is 14.5. The minimum atomic E-state index is -0.771. The first-order valence-electron chi connectivity index (χ1n) is 6.60. The van der Waals surface area contributed by atoms with Crippen molar-refractivity contribution in [3.8, 4) is 0 Å². The number of carbonyl (C=O) groups is 1. The number of esters is 1. The summed E-state index contributed by atoms with van der Waals surface area (Å²) in [5.41, 5.74) is -0.0728. The highest BCUT2D eigenvalue weighted by molar-refractivity contribution is 5.87. The van der Waals surface area contributed by atoms with Crippen molar-refractivity contribution in [3.05, 3.63) is 35.6 Å². The van der Waals surface area contributed by atoms with Crippen LogP contribution in [0.2, 0.25) is 0 Å². The Bertz CT molecular complexity index is 479. The predicted octanol–water partition coefficient (Wildman–Crippen LogP) is 2.35. The van der Waals surface area contributed by atoms with Crippen LogP contribution in [0.5, 0.6) is 0 Å². The van der Waals surface area contributed by atoms with E-state index in [4.69, 9.17) is 4.74 Å². The summed E-state index contributed by atoms with van der Waals surface area (Å²) in [6.07, 6.45) is 0. The summed E-state index contributed by atoms with van der Waals surface area (Å²) >= 11 is 0. The van der Waals surface area contributed by atoms with Gasteiger partial charge in [0.2, 0.25) is 0 Å². The highest BCUT2D eigenvalue weighted by atomic mass is 19.1. The van der Waals surface area contributed by atoms with Gasteiger partial charge in [-0.05, 0) is 38.1 Å². The summed E-state index contributed by atoms with van der Waals surface area (Å²) in [5.74, 6) is -0.613. The van der Waals surface area contributed by atoms with E-state index in [0.717, 1.165) is 6.54 Å². The molecule has 0 N–H and O–H groups in total. The topological polar surface area (TPSA) is 29.5 Å². The number of likely N-dealkylation sites (tertiary alicyclic amines) is 1. The van der Waals surface area contributed by atoms with E-state index in [9.17, 15) is 9.18 Å². The maximum atomic E-state index is 13.5. The van der Waals surface area contributed by atoms with Crippen LogP contribution >= 0.6 is 0 Å². The molecular formula is C15H20FNO2. The third-order valence-electron chi connectivity index (χ3n) is 4.50. The van der Waals surface area contributed by atoms with Gasteiger partial charge in [-0.1, -0.05) is 19.1 Å². The monoisotopic (exact) mass is 265 g/mol. The standard InChI is InChI=1S/C15H20FNO2/c1-5-17-10(2)15(11(17)3,14(18)19-4)12-7-6-8-13(16)9-12/h6-11H,5H2,1-4H3. The molecule has 1 saturated heterocycles. The molecule has 0 aliphatic carbocycles. The highest BCUT2D eigenvalue weighted by Crippen LogP contribution is 2.47. The molecule has 0 radical (unpaired) electrons. The Morgan fingerprint density at radius 1 is 1.42 bits per heavy atom. The molecular weight excluding hydrogens is 245 g/mol. The zero-order chi connectivity index (χ0) is 14.2. The second-order valence-electron chi connectivity index (χ2n) is 5.05. The molecule has 0 amide bonds. The molecule has 0 spiro atoms. The first-order chi connectivity index (χ1) is 8.99.